The average molecular weight is 328 g/mol. The first kappa shape index (κ1) is 15.6. The van der Waals surface area contributed by atoms with Crippen molar-refractivity contribution < 1.29 is 4.79 Å². The number of carbonyl (C=O) groups is 1. The largest absolute Gasteiger partial charge is 0.363 e. The first-order valence-electron chi connectivity index (χ1n) is 7.56. The number of urea groups is 1. The third kappa shape index (κ3) is 3.71. The number of aromatic nitrogens is 1. The maximum atomic E-state index is 12.3. The molecular formula is C17H20N4OS. The van der Waals surface area contributed by atoms with E-state index in [1.54, 1.807) is 17.5 Å². The summed E-state index contributed by atoms with van der Waals surface area (Å²) < 4.78 is 0. The Morgan fingerprint density at radius 1 is 1.35 bits per heavy atom. The topological polar surface area (TPSA) is 48.5 Å². The highest BCUT2D eigenvalue weighted by atomic mass is 32.1. The van der Waals surface area contributed by atoms with E-state index in [1.807, 2.05) is 36.0 Å². The maximum absolute atomic E-state index is 12.3. The molecule has 2 aromatic heterocycles. The van der Waals surface area contributed by atoms with E-state index < -0.39 is 0 Å². The molecule has 1 aliphatic rings. The van der Waals surface area contributed by atoms with Crippen molar-refractivity contribution in [2.75, 3.05) is 37.4 Å². The van der Waals surface area contributed by atoms with Crippen molar-refractivity contribution in [1.82, 2.24) is 9.88 Å². The van der Waals surface area contributed by atoms with Crippen LogP contribution in [0.4, 0.5) is 16.3 Å². The van der Waals surface area contributed by atoms with Gasteiger partial charge in [-0.25, -0.2) is 9.78 Å². The molecule has 0 unspecified atom stereocenters. The van der Waals surface area contributed by atoms with Crippen molar-refractivity contribution in [1.29, 1.82) is 0 Å². The van der Waals surface area contributed by atoms with Gasteiger partial charge in [0.05, 0.1) is 11.9 Å². The molecule has 3 rings (SSSR count). The summed E-state index contributed by atoms with van der Waals surface area (Å²) in [5, 5.41) is 4.99. The smallest absolute Gasteiger partial charge is 0.322 e. The standard InChI is InChI=1S/C17H20N4OS/c1-20(2)16-6-5-14(12-18-16)19-17(22)21-9-7-13(8-10-21)15-4-3-11-23-15/h3-7,11-12H,8-10H2,1-2H3,(H,19,22). The Bertz CT molecular complexity index is 692. The molecule has 3 heterocycles. The van der Waals surface area contributed by atoms with Crippen molar-refractivity contribution in [2.45, 2.75) is 6.42 Å². The van der Waals surface area contributed by atoms with Crippen LogP contribution in [0.1, 0.15) is 11.3 Å². The van der Waals surface area contributed by atoms with E-state index in [0.717, 1.165) is 18.8 Å². The van der Waals surface area contributed by atoms with Crippen LogP contribution in [-0.2, 0) is 0 Å². The average Bonchev–Trinajstić information content (AvgIpc) is 3.10. The Hall–Kier alpha value is -2.34. The van der Waals surface area contributed by atoms with Gasteiger partial charge in [0.2, 0.25) is 0 Å². The normalized spacial score (nSPS) is 14.3. The van der Waals surface area contributed by atoms with Gasteiger partial charge in [-0.3, -0.25) is 0 Å². The number of anilines is 2. The second kappa shape index (κ2) is 6.83. The van der Waals surface area contributed by atoms with Gasteiger partial charge < -0.3 is 15.1 Å². The molecule has 0 fully saturated rings. The first-order chi connectivity index (χ1) is 11.1. The number of amides is 2. The van der Waals surface area contributed by atoms with Crippen LogP contribution in [0.2, 0.25) is 0 Å². The minimum atomic E-state index is -0.0779. The fourth-order valence-corrected chi connectivity index (χ4v) is 3.26. The Labute approximate surface area is 140 Å². The summed E-state index contributed by atoms with van der Waals surface area (Å²) in [6, 6.07) is 7.87. The summed E-state index contributed by atoms with van der Waals surface area (Å²) in [7, 11) is 3.87. The zero-order chi connectivity index (χ0) is 16.2. The van der Waals surface area contributed by atoms with Crippen LogP contribution in [0.5, 0.6) is 0 Å². The fraction of sp³-hybridized carbons (Fsp3) is 0.294. The molecule has 2 amide bonds. The first-order valence-corrected chi connectivity index (χ1v) is 8.43. The Balaban J connectivity index is 1.59. The highest BCUT2D eigenvalue weighted by Crippen LogP contribution is 2.26. The summed E-state index contributed by atoms with van der Waals surface area (Å²) >= 11 is 1.75. The molecule has 6 heteroatoms. The predicted octanol–water partition coefficient (Wildman–Crippen LogP) is 3.53. The van der Waals surface area contributed by atoms with Crippen molar-refractivity contribution in [3.8, 4) is 0 Å². The minimum Gasteiger partial charge on any atom is -0.363 e. The van der Waals surface area contributed by atoms with E-state index >= 15 is 0 Å². The zero-order valence-corrected chi connectivity index (χ0v) is 14.1. The highest BCUT2D eigenvalue weighted by Gasteiger charge is 2.18. The maximum Gasteiger partial charge on any atom is 0.322 e. The number of hydrogen-bond donors (Lipinski definition) is 1. The number of hydrogen-bond acceptors (Lipinski definition) is 4. The van der Waals surface area contributed by atoms with Crippen LogP contribution in [-0.4, -0.2) is 43.1 Å². The lowest BCUT2D eigenvalue weighted by Gasteiger charge is -2.26. The lowest BCUT2D eigenvalue weighted by atomic mass is 10.1. The molecule has 0 bridgehead atoms. The van der Waals surface area contributed by atoms with Crippen molar-refractivity contribution in [3.63, 3.8) is 0 Å². The van der Waals surface area contributed by atoms with E-state index in [4.69, 9.17) is 0 Å². The second-order valence-corrected chi connectivity index (χ2v) is 6.58. The molecule has 0 atom stereocenters. The van der Waals surface area contributed by atoms with E-state index in [-0.39, 0.29) is 6.03 Å². The van der Waals surface area contributed by atoms with Crippen LogP contribution in [0.25, 0.3) is 5.57 Å². The summed E-state index contributed by atoms with van der Waals surface area (Å²) in [5.41, 5.74) is 2.05. The fourth-order valence-electron chi connectivity index (χ4n) is 2.47. The van der Waals surface area contributed by atoms with E-state index in [9.17, 15) is 4.79 Å². The molecule has 1 aliphatic heterocycles. The van der Waals surface area contributed by atoms with Gasteiger partial charge in [0, 0.05) is 32.1 Å². The Morgan fingerprint density at radius 2 is 2.22 bits per heavy atom. The van der Waals surface area contributed by atoms with Crippen molar-refractivity contribution in [2.24, 2.45) is 0 Å². The lowest BCUT2D eigenvalue weighted by Crippen LogP contribution is -2.37. The molecular weight excluding hydrogens is 308 g/mol. The van der Waals surface area contributed by atoms with Crippen LogP contribution >= 0.6 is 11.3 Å². The van der Waals surface area contributed by atoms with Gasteiger partial charge in [0.25, 0.3) is 0 Å². The second-order valence-electron chi connectivity index (χ2n) is 5.63. The van der Waals surface area contributed by atoms with Gasteiger partial charge in [0.15, 0.2) is 0 Å². The van der Waals surface area contributed by atoms with Gasteiger partial charge in [-0.1, -0.05) is 12.1 Å². The van der Waals surface area contributed by atoms with Gasteiger partial charge in [-0.15, -0.1) is 11.3 Å². The third-order valence-corrected chi connectivity index (χ3v) is 4.74. The van der Waals surface area contributed by atoms with Crippen molar-refractivity contribution in [3.05, 3.63) is 46.8 Å². The molecule has 0 aliphatic carbocycles. The summed E-state index contributed by atoms with van der Waals surface area (Å²) in [4.78, 5) is 21.7. The molecule has 1 N–H and O–H groups in total. The van der Waals surface area contributed by atoms with Crippen LogP contribution < -0.4 is 10.2 Å². The summed E-state index contributed by atoms with van der Waals surface area (Å²) in [5.74, 6) is 0.865. The van der Waals surface area contributed by atoms with Gasteiger partial charge >= 0.3 is 6.03 Å². The number of rotatable bonds is 3. The Kier molecular flexibility index (Phi) is 4.62. The lowest BCUT2D eigenvalue weighted by molar-refractivity contribution is 0.217. The van der Waals surface area contributed by atoms with Crippen LogP contribution in [0.3, 0.4) is 0 Å². The number of nitrogens with zero attached hydrogens (tertiary/aromatic N) is 3. The van der Waals surface area contributed by atoms with Gasteiger partial charge in [-0.05, 0) is 35.6 Å². The molecule has 120 valence electrons. The highest BCUT2D eigenvalue weighted by molar-refractivity contribution is 7.11. The molecule has 0 saturated heterocycles. The van der Waals surface area contributed by atoms with E-state index in [0.29, 0.717) is 12.2 Å². The molecule has 0 aromatic carbocycles. The number of nitrogens with one attached hydrogen (secondary N) is 1. The summed E-state index contributed by atoms with van der Waals surface area (Å²) in [6.45, 7) is 1.38. The molecule has 0 spiro atoms. The molecule has 2 aromatic rings. The van der Waals surface area contributed by atoms with Crippen LogP contribution in [0.15, 0.2) is 41.9 Å². The molecule has 0 saturated carbocycles. The van der Waals surface area contributed by atoms with Gasteiger partial charge in [0.1, 0.15) is 5.82 Å². The number of pyridine rings is 1. The zero-order valence-electron chi connectivity index (χ0n) is 13.3. The SMILES string of the molecule is CN(C)c1ccc(NC(=O)N2CC=C(c3cccs3)CC2)cn1. The minimum absolute atomic E-state index is 0.0779. The summed E-state index contributed by atoms with van der Waals surface area (Å²) in [6.07, 6.45) is 4.72. The third-order valence-electron chi connectivity index (χ3n) is 3.79. The Morgan fingerprint density at radius 3 is 2.78 bits per heavy atom. The van der Waals surface area contributed by atoms with Crippen LogP contribution in [0, 0.1) is 0 Å². The van der Waals surface area contributed by atoms with Crippen molar-refractivity contribution >= 4 is 34.4 Å². The number of carbonyl (C=O) groups excluding carboxylic acids is 1. The molecule has 23 heavy (non-hydrogen) atoms. The molecule has 0 radical (unpaired) electrons. The predicted molar refractivity (Wildman–Crippen MR) is 96.1 cm³/mol. The van der Waals surface area contributed by atoms with E-state index in [2.05, 4.69) is 33.9 Å². The van der Waals surface area contributed by atoms with Gasteiger partial charge in [-0.2, -0.15) is 0 Å². The van der Waals surface area contributed by atoms with E-state index in [1.165, 1.54) is 10.5 Å². The number of thiophene rings is 1. The quantitative estimate of drug-likeness (QED) is 0.937. The monoisotopic (exact) mass is 328 g/mol. The molecule has 5 nitrogen and oxygen atoms in total.